The molecule has 2 amide bonds. The van der Waals surface area contributed by atoms with Crippen LogP contribution in [-0.4, -0.2) is 33.5 Å². The minimum atomic E-state index is -4.48. The molecular formula is C25H22Cl4F3N7O. The standard InChI is InChI=1S/C25H20Cl2F3N7O.2ClH/c26-16-5-8-19(21(27)12-16)20(22-32-10-11-33-22)14-34-23(37-24(38)36-18-2-1-9-31-13-18)35-17-6-3-15(4-7-17)25(28,29)30;;/h1-13,20H,14H2,(H,32,33)(H3,34,35,36,37,38);2*1H. The highest BCUT2D eigenvalue weighted by atomic mass is 35.5. The largest absolute Gasteiger partial charge is 0.416 e. The lowest BCUT2D eigenvalue weighted by atomic mass is 9.98. The predicted octanol–water partition coefficient (Wildman–Crippen LogP) is 7.40. The van der Waals surface area contributed by atoms with E-state index in [2.05, 4.69) is 35.9 Å². The molecule has 4 aromatic rings. The van der Waals surface area contributed by atoms with Crippen LogP contribution in [-0.2, 0) is 6.18 Å². The zero-order valence-corrected chi connectivity index (χ0v) is 23.4. The van der Waals surface area contributed by atoms with Gasteiger partial charge in [-0.25, -0.2) is 9.78 Å². The Labute approximate surface area is 249 Å². The van der Waals surface area contributed by atoms with E-state index in [4.69, 9.17) is 23.2 Å². The first-order chi connectivity index (χ1) is 18.2. The van der Waals surface area contributed by atoms with Gasteiger partial charge in [-0.05, 0) is 54.1 Å². The maximum Gasteiger partial charge on any atom is 0.416 e. The summed E-state index contributed by atoms with van der Waals surface area (Å²) in [6, 6.07) is 12.0. The van der Waals surface area contributed by atoms with Crippen LogP contribution in [0.4, 0.5) is 29.3 Å². The smallest absolute Gasteiger partial charge is 0.348 e. The molecule has 0 radical (unpaired) electrons. The first-order valence-corrected chi connectivity index (χ1v) is 11.9. The normalized spacial score (nSPS) is 12.0. The van der Waals surface area contributed by atoms with Crippen molar-refractivity contribution >= 4 is 71.4 Å². The number of guanidine groups is 1. The number of imidazole rings is 1. The van der Waals surface area contributed by atoms with E-state index >= 15 is 0 Å². The van der Waals surface area contributed by atoms with Crippen LogP contribution in [0.15, 0.2) is 84.4 Å². The fourth-order valence-electron chi connectivity index (χ4n) is 3.46. The van der Waals surface area contributed by atoms with Gasteiger partial charge >= 0.3 is 12.2 Å². The molecule has 1 unspecified atom stereocenters. The fraction of sp³-hybridized carbons (Fsp3) is 0.120. The maximum atomic E-state index is 13.0. The summed E-state index contributed by atoms with van der Waals surface area (Å²) in [5.41, 5.74) is 0.584. The number of aliphatic imine (C=N–C) groups is 1. The van der Waals surface area contributed by atoms with E-state index in [1.54, 1.807) is 48.9 Å². The molecule has 0 aliphatic carbocycles. The van der Waals surface area contributed by atoms with Crippen LogP contribution in [0, 0.1) is 0 Å². The number of hydrogen-bond acceptors (Lipinski definition) is 4. The number of pyridine rings is 1. The van der Waals surface area contributed by atoms with Crippen molar-refractivity contribution in [1.82, 2.24) is 20.3 Å². The number of H-pyrrole nitrogens is 1. The third-order valence-electron chi connectivity index (χ3n) is 5.25. The summed E-state index contributed by atoms with van der Waals surface area (Å²) in [5, 5.41) is 8.92. The van der Waals surface area contributed by atoms with Gasteiger partial charge in [0.15, 0.2) is 0 Å². The van der Waals surface area contributed by atoms with Crippen molar-refractivity contribution in [1.29, 1.82) is 0 Å². The van der Waals surface area contributed by atoms with Gasteiger partial charge in [0, 0.05) is 34.3 Å². The van der Waals surface area contributed by atoms with Gasteiger partial charge in [-0.15, -0.1) is 24.8 Å². The zero-order valence-electron chi connectivity index (χ0n) is 20.2. The Morgan fingerprint density at radius 1 is 1.00 bits per heavy atom. The quantitative estimate of drug-likeness (QED) is 0.131. The molecule has 2 heterocycles. The summed E-state index contributed by atoms with van der Waals surface area (Å²) in [7, 11) is 0. The van der Waals surface area contributed by atoms with Gasteiger partial charge in [-0.1, -0.05) is 29.3 Å². The number of anilines is 2. The van der Waals surface area contributed by atoms with Gasteiger partial charge in [-0.3, -0.25) is 15.3 Å². The molecule has 0 fully saturated rings. The molecule has 40 heavy (non-hydrogen) atoms. The van der Waals surface area contributed by atoms with E-state index in [9.17, 15) is 18.0 Å². The van der Waals surface area contributed by atoms with Crippen LogP contribution < -0.4 is 16.0 Å². The number of alkyl halides is 3. The van der Waals surface area contributed by atoms with Crippen LogP contribution in [0.1, 0.15) is 22.9 Å². The van der Waals surface area contributed by atoms with Gasteiger partial charge in [0.25, 0.3) is 0 Å². The number of nitrogens with one attached hydrogen (secondary N) is 4. The fourth-order valence-corrected chi connectivity index (χ4v) is 4.00. The summed E-state index contributed by atoms with van der Waals surface area (Å²) in [6.07, 6.45) is 1.76. The predicted molar refractivity (Wildman–Crippen MR) is 155 cm³/mol. The molecule has 15 heteroatoms. The molecule has 0 aliphatic heterocycles. The van der Waals surface area contributed by atoms with Gasteiger partial charge in [0.05, 0.1) is 29.9 Å². The molecule has 2 aromatic heterocycles. The highest BCUT2D eigenvalue weighted by Gasteiger charge is 2.30. The summed E-state index contributed by atoms with van der Waals surface area (Å²) >= 11 is 12.5. The molecule has 212 valence electrons. The summed E-state index contributed by atoms with van der Waals surface area (Å²) in [4.78, 5) is 28.5. The highest BCUT2D eigenvalue weighted by molar-refractivity contribution is 6.35. The molecule has 1 atom stereocenters. The second-order valence-corrected chi connectivity index (χ2v) is 8.75. The average molecular weight is 635 g/mol. The molecule has 2 aromatic carbocycles. The molecule has 0 aliphatic rings. The van der Waals surface area contributed by atoms with Crippen LogP contribution in [0.5, 0.6) is 0 Å². The third kappa shape index (κ3) is 9.02. The van der Waals surface area contributed by atoms with Crippen LogP contribution in [0.25, 0.3) is 0 Å². The summed E-state index contributed by atoms with van der Waals surface area (Å²) in [5.74, 6) is 0.0850. The van der Waals surface area contributed by atoms with E-state index in [0.717, 1.165) is 12.1 Å². The van der Waals surface area contributed by atoms with Crippen molar-refractivity contribution in [3.05, 3.63) is 106 Å². The summed E-state index contributed by atoms with van der Waals surface area (Å²) < 4.78 is 38.9. The Morgan fingerprint density at radius 3 is 2.35 bits per heavy atom. The number of rotatable bonds is 6. The number of amides is 2. The van der Waals surface area contributed by atoms with E-state index < -0.39 is 23.7 Å². The SMILES string of the molecule is Cl.Cl.O=C(NC(=NCC(c1ncc[nH]1)c1ccc(Cl)cc1Cl)Nc1ccc(C(F)(F)F)cc1)Nc1cccnc1. The van der Waals surface area contributed by atoms with Crippen LogP contribution >= 0.6 is 48.0 Å². The molecular weight excluding hydrogens is 613 g/mol. The molecule has 0 saturated carbocycles. The first kappa shape index (κ1) is 32.7. The Balaban J connectivity index is 0.00000280. The number of carbonyl (C=O) groups is 1. The molecule has 8 nitrogen and oxygen atoms in total. The zero-order chi connectivity index (χ0) is 27.1. The average Bonchev–Trinajstić information content (AvgIpc) is 3.40. The van der Waals surface area contributed by atoms with Crippen LogP contribution in [0.3, 0.4) is 0 Å². The number of carbonyl (C=O) groups excluding carboxylic acids is 1. The minimum absolute atomic E-state index is 0. The monoisotopic (exact) mass is 633 g/mol. The van der Waals surface area contributed by atoms with Crippen molar-refractivity contribution < 1.29 is 18.0 Å². The first-order valence-electron chi connectivity index (χ1n) is 11.1. The second kappa shape index (κ2) is 14.8. The minimum Gasteiger partial charge on any atom is -0.348 e. The third-order valence-corrected chi connectivity index (χ3v) is 5.81. The van der Waals surface area contributed by atoms with Gasteiger partial charge in [0.1, 0.15) is 5.82 Å². The van der Waals surface area contributed by atoms with Gasteiger partial charge in [-0.2, -0.15) is 13.2 Å². The summed E-state index contributed by atoms with van der Waals surface area (Å²) in [6.45, 7) is 0.0605. The topological polar surface area (TPSA) is 107 Å². The van der Waals surface area contributed by atoms with Crippen molar-refractivity contribution in [3.8, 4) is 0 Å². The van der Waals surface area contributed by atoms with E-state index in [1.807, 2.05) is 0 Å². The van der Waals surface area contributed by atoms with Crippen molar-refractivity contribution in [2.75, 3.05) is 17.2 Å². The van der Waals surface area contributed by atoms with Gasteiger partial charge in [0.2, 0.25) is 5.96 Å². The lowest BCUT2D eigenvalue weighted by Gasteiger charge is -2.17. The Morgan fingerprint density at radius 2 is 1.75 bits per heavy atom. The number of aromatic amines is 1. The molecule has 0 spiro atoms. The molecule has 0 saturated heterocycles. The van der Waals surface area contributed by atoms with E-state index in [0.29, 0.717) is 27.1 Å². The second-order valence-electron chi connectivity index (χ2n) is 7.90. The molecule has 0 bridgehead atoms. The Bertz CT molecular complexity index is 1400. The maximum absolute atomic E-state index is 13.0. The number of urea groups is 1. The Hall–Kier alpha value is -3.51. The van der Waals surface area contributed by atoms with Crippen molar-refractivity contribution in [2.45, 2.75) is 12.1 Å². The number of nitrogens with zero attached hydrogens (tertiary/aromatic N) is 3. The van der Waals surface area contributed by atoms with Crippen molar-refractivity contribution in [3.63, 3.8) is 0 Å². The van der Waals surface area contributed by atoms with E-state index in [-0.39, 0.29) is 43.0 Å². The lowest BCUT2D eigenvalue weighted by molar-refractivity contribution is -0.137. The number of halogens is 7. The van der Waals surface area contributed by atoms with E-state index in [1.165, 1.54) is 18.3 Å². The van der Waals surface area contributed by atoms with Gasteiger partial charge < -0.3 is 15.6 Å². The number of hydrogen-bond donors (Lipinski definition) is 4. The molecule has 4 N–H and O–H groups in total. The highest BCUT2D eigenvalue weighted by Crippen LogP contribution is 2.32. The van der Waals surface area contributed by atoms with Crippen LogP contribution in [0.2, 0.25) is 10.0 Å². The number of aromatic nitrogens is 3. The lowest BCUT2D eigenvalue weighted by Crippen LogP contribution is -2.39. The number of benzene rings is 2. The Kier molecular flexibility index (Phi) is 12.1. The van der Waals surface area contributed by atoms with Crippen molar-refractivity contribution in [2.24, 2.45) is 4.99 Å². The molecule has 4 rings (SSSR count).